The average Bonchev–Trinajstić information content (AvgIpc) is 3.63. The van der Waals surface area contributed by atoms with E-state index in [-0.39, 0.29) is 30.0 Å². The molecule has 2 heterocycles. The number of thiazole rings is 2. The number of hydrogen-bond acceptors (Lipinski definition) is 11. The SMILES string of the molecule is CCCN([B]C=O)[C@@H](C[C@@H](OCC)c1nc(C)cs1)C(C)C.CCO[C@H](C[C@@H](C(C)C)N(C)[B]C=O)c1nc(C(=O)O)cs1. The molecule has 0 saturated heterocycles. The maximum atomic E-state index is 11.0. The van der Waals surface area contributed by atoms with Crippen molar-refractivity contribution in [3.63, 3.8) is 0 Å². The fourth-order valence-electron chi connectivity index (χ4n) is 4.97. The number of hydrogen-bond donors (Lipinski definition) is 1. The predicted octanol–water partition coefficient (Wildman–Crippen LogP) is 5.54. The topological polar surface area (TPSA) is 122 Å². The van der Waals surface area contributed by atoms with Crippen molar-refractivity contribution in [3.05, 3.63) is 32.2 Å². The van der Waals surface area contributed by atoms with Crippen molar-refractivity contribution in [3.8, 4) is 0 Å². The third-order valence-electron chi connectivity index (χ3n) is 7.09. The van der Waals surface area contributed by atoms with Gasteiger partial charge in [-0.1, -0.05) is 34.6 Å². The van der Waals surface area contributed by atoms with E-state index >= 15 is 0 Å². The number of aryl methyl sites for hydroxylation is 1. The molecule has 0 saturated carbocycles. The highest BCUT2D eigenvalue weighted by Gasteiger charge is 2.28. The zero-order valence-electron chi connectivity index (χ0n) is 27.8. The van der Waals surface area contributed by atoms with E-state index in [0.29, 0.717) is 36.5 Å². The summed E-state index contributed by atoms with van der Waals surface area (Å²) in [6.07, 6.45) is 3.87. The zero-order valence-corrected chi connectivity index (χ0v) is 29.4. The van der Waals surface area contributed by atoms with Gasteiger partial charge in [0.15, 0.2) is 5.69 Å². The second-order valence-electron chi connectivity index (χ2n) is 11.2. The van der Waals surface area contributed by atoms with Crippen LogP contribution < -0.4 is 0 Å². The Labute approximate surface area is 273 Å². The molecule has 2 radical (unpaired) electrons. The van der Waals surface area contributed by atoms with Crippen molar-refractivity contribution in [1.29, 1.82) is 0 Å². The van der Waals surface area contributed by atoms with Crippen LogP contribution in [0.25, 0.3) is 0 Å². The second kappa shape index (κ2) is 21.7. The van der Waals surface area contributed by atoms with Gasteiger partial charge in [0.1, 0.15) is 22.2 Å². The summed E-state index contributed by atoms with van der Waals surface area (Å²) in [5, 5.41) is 14.3. The number of carboxylic acids is 1. The molecule has 14 heteroatoms. The van der Waals surface area contributed by atoms with Crippen LogP contribution in [-0.4, -0.2) is 96.8 Å². The van der Waals surface area contributed by atoms with Crippen molar-refractivity contribution < 1.29 is 29.0 Å². The molecule has 0 unspecified atom stereocenters. The standard InChI is InChI=1S/C16H28BN2O2S.C14H22BN2O4S/c1-6-8-19(17-11-20)14(12(3)4)9-15(21-7-2)16-18-13(5)10-22-16;1-5-21-12(13-16-10(7-22-13)14(19)20)6-11(9(2)3)17(4)15-8-18/h10-12,14-15H,6-9H2,1-5H3;7-9,11-12H,5-6H2,1-4H3,(H,19,20)/t14-,15+;11-,12+/m00/s1. The van der Waals surface area contributed by atoms with Gasteiger partial charge >= 0.3 is 5.97 Å². The van der Waals surface area contributed by atoms with Crippen molar-refractivity contribution >= 4 is 55.8 Å². The van der Waals surface area contributed by atoms with E-state index in [1.54, 1.807) is 18.8 Å². The van der Waals surface area contributed by atoms with Gasteiger partial charge in [0.2, 0.25) is 0 Å². The van der Waals surface area contributed by atoms with Crippen LogP contribution in [0.1, 0.15) is 106 Å². The Hall–Kier alpha value is -1.96. The molecule has 0 aliphatic heterocycles. The Kier molecular flexibility index (Phi) is 19.8. The molecule has 244 valence electrons. The van der Waals surface area contributed by atoms with Gasteiger partial charge in [-0.2, -0.15) is 0 Å². The summed E-state index contributed by atoms with van der Waals surface area (Å²) in [5.41, 5.74) is 1.08. The van der Waals surface area contributed by atoms with E-state index in [0.717, 1.165) is 42.5 Å². The number of carboxylic acid groups (broad SMARTS) is 1. The van der Waals surface area contributed by atoms with Crippen LogP contribution >= 0.6 is 22.7 Å². The van der Waals surface area contributed by atoms with Gasteiger partial charge < -0.3 is 33.8 Å². The number of nitrogens with zero attached hydrogens (tertiary/aromatic N) is 4. The first-order valence-corrected chi connectivity index (χ1v) is 17.1. The highest BCUT2D eigenvalue weighted by molar-refractivity contribution is 7.10. The Morgan fingerprint density at radius 3 is 1.84 bits per heavy atom. The smallest absolute Gasteiger partial charge is 0.355 e. The monoisotopic (exact) mass is 648 g/mol. The first kappa shape index (κ1) is 40.1. The van der Waals surface area contributed by atoms with Gasteiger partial charge in [-0.25, -0.2) is 14.8 Å². The maximum Gasteiger partial charge on any atom is 0.355 e. The molecule has 2 aromatic heterocycles. The molecule has 10 nitrogen and oxygen atoms in total. The molecule has 0 bridgehead atoms. The van der Waals surface area contributed by atoms with E-state index in [2.05, 4.69) is 54.8 Å². The van der Waals surface area contributed by atoms with Crippen molar-refractivity contribution in [2.24, 2.45) is 11.8 Å². The van der Waals surface area contributed by atoms with E-state index in [9.17, 15) is 14.4 Å². The summed E-state index contributed by atoms with van der Waals surface area (Å²) < 4.78 is 11.7. The number of aromatic nitrogens is 2. The molecular weight excluding hydrogens is 598 g/mol. The van der Waals surface area contributed by atoms with Crippen molar-refractivity contribution in [1.82, 2.24) is 19.6 Å². The average molecular weight is 649 g/mol. The van der Waals surface area contributed by atoms with E-state index < -0.39 is 5.97 Å². The third kappa shape index (κ3) is 13.6. The molecule has 1 N–H and O–H groups in total. The Morgan fingerprint density at radius 2 is 1.43 bits per heavy atom. The summed E-state index contributed by atoms with van der Waals surface area (Å²) in [6, 6.07) is 0.366. The summed E-state index contributed by atoms with van der Waals surface area (Å²) in [7, 11) is 5.02. The van der Waals surface area contributed by atoms with Crippen LogP contribution in [0.15, 0.2) is 10.8 Å². The van der Waals surface area contributed by atoms with E-state index in [1.165, 1.54) is 24.1 Å². The van der Waals surface area contributed by atoms with Crippen LogP contribution in [0.3, 0.4) is 0 Å². The maximum absolute atomic E-state index is 11.0. The van der Waals surface area contributed by atoms with Crippen molar-refractivity contribution in [2.75, 3.05) is 26.8 Å². The molecule has 2 aromatic rings. The third-order valence-corrected chi connectivity index (χ3v) is 9.09. The Morgan fingerprint density at radius 1 is 0.909 bits per heavy atom. The van der Waals surface area contributed by atoms with Crippen LogP contribution in [-0.2, 0) is 19.1 Å². The summed E-state index contributed by atoms with van der Waals surface area (Å²) >= 11 is 2.94. The first-order valence-electron chi connectivity index (χ1n) is 15.3. The highest BCUT2D eigenvalue weighted by atomic mass is 32.1. The first-order chi connectivity index (χ1) is 20.9. The Bertz CT molecular complexity index is 1100. The van der Waals surface area contributed by atoms with Crippen LogP contribution in [0, 0.1) is 18.8 Å². The molecule has 2 rings (SSSR count). The fourth-order valence-corrected chi connectivity index (χ4v) is 6.68. The van der Waals surface area contributed by atoms with Gasteiger partial charge in [-0.3, -0.25) is 0 Å². The lowest BCUT2D eigenvalue weighted by Crippen LogP contribution is -2.43. The van der Waals surface area contributed by atoms with Crippen LogP contribution in [0.5, 0.6) is 0 Å². The van der Waals surface area contributed by atoms with Gasteiger partial charge in [-0.15, -0.1) is 22.7 Å². The minimum Gasteiger partial charge on any atom is -0.476 e. The normalized spacial score (nSPS) is 14.2. The lowest BCUT2D eigenvalue weighted by Gasteiger charge is -2.35. The minimum atomic E-state index is -1.04. The largest absolute Gasteiger partial charge is 0.476 e. The number of aromatic carboxylic acids is 1. The molecule has 0 amide bonds. The lowest BCUT2D eigenvalue weighted by atomic mass is 9.85. The lowest BCUT2D eigenvalue weighted by molar-refractivity contribution is 0.0340. The van der Waals surface area contributed by atoms with E-state index in [4.69, 9.17) is 14.6 Å². The molecule has 0 fully saturated rings. The Balaban J connectivity index is 0.000000440. The fraction of sp³-hybridized carbons (Fsp3) is 0.700. The molecular formula is C30H50B2N4O6S2. The number of ether oxygens (including phenoxy) is 2. The molecule has 0 aromatic carbocycles. The number of rotatable bonds is 21. The van der Waals surface area contributed by atoms with Gasteiger partial charge in [0, 0.05) is 41.8 Å². The number of carbonyl (C=O) groups excluding carboxylic acids is 2. The highest BCUT2D eigenvalue weighted by Crippen LogP contribution is 2.31. The van der Waals surface area contributed by atoms with Gasteiger partial charge in [-0.05, 0) is 65.5 Å². The molecule has 0 spiro atoms. The summed E-state index contributed by atoms with van der Waals surface area (Å²) in [4.78, 5) is 45.4. The quantitative estimate of drug-likeness (QED) is 0.136. The van der Waals surface area contributed by atoms with Crippen LogP contribution in [0.2, 0.25) is 0 Å². The summed E-state index contributed by atoms with van der Waals surface area (Å²) in [5.74, 6) is -0.292. The molecule has 0 aliphatic rings. The minimum absolute atomic E-state index is 0.00416. The molecule has 4 atom stereocenters. The van der Waals surface area contributed by atoms with Gasteiger partial charge in [0.25, 0.3) is 14.8 Å². The molecule has 0 aliphatic carbocycles. The predicted molar refractivity (Wildman–Crippen MR) is 181 cm³/mol. The second-order valence-corrected chi connectivity index (χ2v) is 12.9. The number of carbonyl (C=O) groups is 3. The zero-order chi connectivity index (χ0) is 33.2. The van der Waals surface area contributed by atoms with E-state index in [1.807, 2.05) is 32.6 Å². The van der Waals surface area contributed by atoms with Crippen LogP contribution in [0.4, 0.5) is 0 Å². The molecule has 44 heavy (non-hydrogen) atoms. The summed E-state index contributed by atoms with van der Waals surface area (Å²) in [6.45, 7) is 18.7. The van der Waals surface area contributed by atoms with Gasteiger partial charge in [0.05, 0.1) is 12.4 Å². The van der Waals surface area contributed by atoms with Crippen molar-refractivity contribution in [2.45, 2.75) is 98.9 Å².